The number of hydrogen-bond acceptors (Lipinski definition) is 7. The second kappa shape index (κ2) is 10.8. The van der Waals surface area contributed by atoms with Gasteiger partial charge in [-0.2, -0.15) is 0 Å². The number of methoxy groups -OCH3 is 2. The fourth-order valence-electron chi connectivity index (χ4n) is 5.98. The van der Waals surface area contributed by atoms with Crippen molar-refractivity contribution in [1.82, 2.24) is 4.90 Å². The molecular weight excluding hydrogens is 468 g/mol. The molecule has 2 N–H and O–H groups in total. The number of fused-ring (bicyclic) bond motifs is 7. The number of ether oxygens (including phenoxy) is 4. The summed E-state index contributed by atoms with van der Waals surface area (Å²) in [4.78, 5) is 14.7. The average Bonchev–Trinajstić information content (AvgIpc) is 3.36. The molecule has 5 rings (SSSR count). The normalized spacial score (nSPS) is 18.1. The molecule has 1 saturated heterocycles. The van der Waals surface area contributed by atoms with Gasteiger partial charge in [0.1, 0.15) is 25.0 Å². The Balaban J connectivity index is 1.45. The molecule has 7 heteroatoms. The number of esters is 1. The van der Waals surface area contributed by atoms with Crippen molar-refractivity contribution in [2.75, 3.05) is 34.0 Å². The Morgan fingerprint density at radius 2 is 1.73 bits per heavy atom. The van der Waals surface area contributed by atoms with Gasteiger partial charge in [0, 0.05) is 12.6 Å². The van der Waals surface area contributed by atoms with Crippen LogP contribution in [-0.2, 0) is 22.5 Å². The Labute approximate surface area is 218 Å². The largest absolute Gasteiger partial charge is 0.493 e. The van der Waals surface area contributed by atoms with Gasteiger partial charge in [0.15, 0.2) is 11.5 Å². The van der Waals surface area contributed by atoms with Gasteiger partial charge in [0.2, 0.25) is 0 Å². The Kier molecular flexibility index (Phi) is 7.45. The molecule has 198 valence electrons. The summed E-state index contributed by atoms with van der Waals surface area (Å²) in [7, 11) is 3.36. The van der Waals surface area contributed by atoms with Crippen LogP contribution in [0.15, 0.2) is 30.3 Å². The number of nitrogens with zero attached hydrogens (tertiary/aromatic N) is 1. The molecule has 3 aromatic rings. The summed E-state index contributed by atoms with van der Waals surface area (Å²) in [5.74, 6) is 2.16. The van der Waals surface area contributed by atoms with Crippen LogP contribution in [0.25, 0.3) is 21.5 Å². The van der Waals surface area contributed by atoms with Gasteiger partial charge in [-0.15, -0.1) is 0 Å². The third-order valence-corrected chi connectivity index (χ3v) is 7.74. The minimum absolute atomic E-state index is 0.162. The smallest absolute Gasteiger partial charge is 0.323 e. The van der Waals surface area contributed by atoms with Crippen molar-refractivity contribution >= 4 is 27.5 Å². The molecule has 2 aliphatic rings. The Hall–Kier alpha value is -3.03. The highest BCUT2D eigenvalue weighted by molar-refractivity contribution is 6.12. The van der Waals surface area contributed by atoms with Crippen LogP contribution in [-0.4, -0.2) is 56.9 Å². The predicted molar refractivity (Wildman–Crippen MR) is 146 cm³/mol. The van der Waals surface area contributed by atoms with Gasteiger partial charge in [0.05, 0.1) is 14.2 Å². The van der Waals surface area contributed by atoms with Crippen LogP contribution < -0.4 is 19.9 Å². The molecule has 0 aliphatic carbocycles. The van der Waals surface area contributed by atoms with E-state index in [-0.39, 0.29) is 19.2 Å². The summed E-state index contributed by atoms with van der Waals surface area (Å²) in [5.41, 5.74) is 8.74. The molecular formula is C30H38N2O5. The second-order valence-electron chi connectivity index (χ2n) is 10.6. The highest BCUT2D eigenvalue weighted by Gasteiger charge is 2.32. The highest BCUT2D eigenvalue weighted by Crippen LogP contribution is 2.44. The number of nitrogens with two attached hydrogens (primary N) is 1. The summed E-state index contributed by atoms with van der Waals surface area (Å²) in [6, 6.07) is 10.5. The number of benzene rings is 3. The summed E-state index contributed by atoms with van der Waals surface area (Å²) in [6.45, 7) is 6.62. The van der Waals surface area contributed by atoms with Crippen molar-refractivity contribution in [2.24, 2.45) is 11.7 Å². The topological polar surface area (TPSA) is 83.2 Å². The molecule has 2 atom stereocenters. The van der Waals surface area contributed by atoms with Crippen molar-refractivity contribution in [2.45, 2.75) is 58.2 Å². The van der Waals surface area contributed by atoms with E-state index in [1.54, 1.807) is 14.2 Å². The van der Waals surface area contributed by atoms with Gasteiger partial charge in [-0.25, -0.2) is 0 Å². The van der Waals surface area contributed by atoms with Crippen LogP contribution in [0, 0.1) is 5.92 Å². The maximum absolute atomic E-state index is 12.1. The molecule has 7 nitrogen and oxygen atoms in total. The van der Waals surface area contributed by atoms with Crippen molar-refractivity contribution in [1.29, 1.82) is 0 Å². The molecule has 0 amide bonds. The van der Waals surface area contributed by atoms with Gasteiger partial charge >= 0.3 is 5.97 Å². The lowest BCUT2D eigenvalue weighted by atomic mass is 9.85. The molecule has 2 heterocycles. The molecule has 0 spiro atoms. The highest BCUT2D eigenvalue weighted by atomic mass is 16.6. The molecule has 0 radical (unpaired) electrons. The standard InChI is InChI=1S/C30H38N2O5/c1-18(2)12-27(31)30(33)37-11-10-36-20-7-8-21-23(14-20)25-16-29(35-4)28(34-3)15-24(25)22-13-19-6-5-9-32(19)17-26(21)22/h7-8,14-16,18-19,27H,5-6,9-13,17,31H2,1-4H3/t19-,27+/m1/s1. The van der Waals surface area contributed by atoms with Crippen LogP contribution in [0.4, 0.5) is 0 Å². The number of carbonyl (C=O) groups excluding carboxylic acids is 1. The van der Waals surface area contributed by atoms with Gasteiger partial charge in [-0.1, -0.05) is 19.9 Å². The number of rotatable bonds is 9. The van der Waals surface area contributed by atoms with E-state index in [1.165, 1.54) is 34.7 Å². The lowest BCUT2D eigenvalue weighted by Crippen LogP contribution is -2.35. The van der Waals surface area contributed by atoms with Crippen LogP contribution in [0.2, 0.25) is 0 Å². The predicted octanol–water partition coefficient (Wildman–Crippen LogP) is 4.83. The SMILES string of the molecule is COc1cc2c3c(c4ccc(OCCOC(=O)[C@@H](N)CC(C)C)cc4c2cc1OC)CN1CCC[C@@H]1C3. The van der Waals surface area contributed by atoms with E-state index < -0.39 is 6.04 Å². The quantitative estimate of drug-likeness (QED) is 0.253. The summed E-state index contributed by atoms with van der Waals surface area (Å²) < 4.78 is 22.7. The third-order valence-electron chi connectivity index (χ3n) is 7.74. The zero-order valence-electron chi connectivity index (χ0n) is 22.3. The molecule has 0 saturated carbocycles. The first-order valence-corrected chi connectivity index (χ1v) is 13.3. The van der Waals surface area contributed by atoms with Crippen LogP contribution in [0.5, 0.6) is 17.2 Å². The average molecular weight is 507 g/mol. The van der Waals surface area contributed by atoms with E-state index in [2.05, 4.69) is 29.2 Å². The van der Waals surface area contributed by atoms with Crippen molar-refractivity contribution in [3.05, 3.63) is 41.5 Å². The first kappa shape index (κ1) is 25.6. The first-order chi connectivity index (χ1) is 17.9. The zero-order chi connectivity index (χ0) is 26.1. The van der Waals surface area contributed by atoms with Gasteiger partial charge in [0.25, 0.3) is 0 Å². The maximum Gasteiger partial charge on any atom is 0.323 e. The molecule has 0 unspecified atom stereocenters. The lowest BCUT2D eigenvalue weighted by Gasteiger charge is -2.33. The minimum atomic E-state index is -0.597. The molecule has 37 heavy (non-hydrogen) atoms. The molecule has 0 bridgehead atoms. The lowest BCUT2D eigenvalue weighted by molar-refractivity contribution is -0.146. The summed E-state index contributed by atoms with van der Waals surface area (Å²) >= 11 is 0. The maximum atomic E-state index is 12.1. The van der Waals surface area contributed by atoms with E-state index in [9.17, 15) is 4.79 Å². The van der Waals surface area contributed by atoms with Gasteiger partial charge in [-0.05, 0) is 95.1 Å². The van der Waals surface area contributed by atoms with E-state index in [4.69, 9.17) is 24.7 Å². The molecule has 3 aromatic carbocycles. The van der Waals surface area contributed by atoms with E-state index >= 15 is 0 Å². The molecule has 0 aromatic heterocycles. The van der Waals surface area contributed by atoms with Crippen LogP contribution >= 0.6 is 0 Å². The first-order valence-electron chi connectivity index (χ1n) is 13.3. The molecule has 2 aliphatic heterocycles. The Morgan fingerprint density at radius 3 is 2.46 bits per heavy atom. The van der Waals surface area contributed by atoms with Crippen LogP contribution in [0.3, 0.4) is 0 Å². The Morgan fingerprint density at radius 1 is 1.00 bits per heavy atom. The number of hydrogen-bond donors (Lipinski definition) is 1. The fourth-order valence-corrected chi connectivity index (χ4v) is 5.98. The monoisotopic (exact) mass is 506 g/mol. The third kappa shape index (κ3) is 5.07. The van der Waals surface area contributed by atoms with E-state index in [1.807, 2.05) is 19.9 Å². The van der Waals surface area contributed by atoms with Gasteiger partial charge in [-0.3, -0.25) is 9.69 Å². The second-order valence-corrected chi connectivity index (χ2v) is 10.6. The summed E-state index contributed by atoms with van der Waals surface area (Å²) in [5, 5.41) is 4.73. The zero-order valence-corrected chi connectivity index (χ0v) is 22.3. The summed E-state index contributed by atoms with van der Waals surface area (Å²) in [6.07, 6.45) is 4.18. The van der Waals surface area contributed by atoms with Crippen molar-refractivity contribution in [3.8, 4) is 17.2 Å². The van der Waals surface area contributed by atoms with Crippen LogP contribution in [0.1, 0.15) is 44.2 Å². The van der Waals surface area contributed by atoms with Gasteiger partial charge < -0.3 is 24.7 Å². The van der Waals surface area contributed by atoms with E-state index in [0.717, 1.165) is 41.8 Å². The molecule has 1 fully saturated rings. The fraction of sp³-hybridized carbons (Fsp3) is 0.500. The number of carbonyl (C=O) groups is 1. The van der Waals surface area contributed by atoms with Crippen molar-refractivity contribution in [3.63, 3.8) is 0 Å². The van der Waals surface area contributed by atoms with E-state index in [0.29, 0.717) is 24.1 Å². The van der Waals surface area contributed by atoms with Crippen molar-refractivity contribution < 1.29 is 23.7 Å². The minimum Gasteiger partial charge on any atom is -0.493 e. The Bertz CT molecular complexity index is 1300.